The second-order valence-electron chi connectivity index (χ2n) is 8.13. The zero-order valence-corrected chi connectivity index (χ0v) is 20.4. The van der Waals surface area contributed by atoms with Crippen LogP contribution in [0.25, 0.3) is 0 Å². The number of benzene rings is 2. The second-order valence-corrected chi connectivity index (χ2v) is 8.13. The van der Waals surface area contributed by atoms with E-state index in [4.69, 9.17) is 42.4 Å². The van der Waals surface area contributed by atoms with Crippen LogP contribution in [0.1, 0.15) is 46.5 Å². The second kappa shape index (κ2) is 14.9. The minimum atomic E-state index is -2.53. The zero-order chi connectivity index (χ0) is 30.6. The first-order valence-corrected chi connectivity index (χ1v) is 10.7. The number of carbonyl (C=O) groups is 1. The van der Waals surface area contributed by atoms with Crippen molar-refractivity contribution >= 4 is 6.16 Å². The van der Waals surface area contributed by atoms with Crippen LogP contribution in [0.15, 0.2) is 36.4 Å². The molecule has 190 valence electrons. The van der Waals surface area contributed by atoms with Gasteiger partial charge in [0.2, 0.25) is 0 Å². The molecule has 0 bridgehead atoms. The Labute approximate surface area is 211 Å². The Hall–Kier alpha value is -3.13. The minimum absolute atomic E-state index is 0.159. The van der Waals surface area contributed by atoms with E-state index in [2.05, 4.69) is 0 Å². The van der Waals surface area contributed by atoms with Crippen molar-refractivity contribution in [2.24, 2.45) is 5.73 Å². The molecule has 0 radical (unpaired) electrons. The van der Waals surface area contributed by atoms with Crippen molar-refractivity contribution in [1.29, 1.82) is 0 Å². The Morgan fingerprint density at radius 1 is 0.853 bits per heavy atom. The summed E-state index contributed by atoms with van der Waals surface area (Å²) in [7, 11) is -2.09. The standard InChI is InChI=1S/C16H24O5.C10H15NO2/c1-16(2,3)21-15(17)20-10-6-7-12-8-9-13(18-4)14(11-12)19-5;1-12-9-4-3-8(5-6-11)7-10(9)13-2/h8-9,11H,6-7,10H2,1-5H3;3-4,7H,5-6,11H2,1-2H3/i4D3;1D3. The number of hydrogen-bond acceptors (Lipinski definition) is 8. The first kappa shape index (κ1) is 20.3. The maximum Gasteiger partial charge on any atom is 0.508 e. The van der Waals surface area contributed by atoms with Crippen LogP contribution in [0.4, 0.5) is 4.79 Å². The van der Waals surface area contributed by atoms with Crippen LogP contribution in [0, 0.1) is 0 Å². The van der Waals surface area contributed by atoms with Crippen molar-refractivity contribution in [1.82, 2.24) is 0 Å². The largest absolute Gasteiger partial charge is 0.508 e. The Bertz CT molecular complexity index is 1070. The quantitative estimate of drug-likeness (QED) is 0.380. The summed E-state index contributed by atoms with van der Waals surface area (Å²) in [5.41, 5.74) is 6.75. The number of methoxy groups -OCH3 is 4. The van der Waals surface area contributed by atoms with Gasteiger partial charge in [0.1, 0.15) is 5.60 Å². The van der Waals surface area contributed by atoms with E-state index >= 15 is 0 Å². The predicted molar refractivity (Wildman–Crippen MR) is 132 cm³/mol. The number of carbonyl (C=O) groups excluding carboxylic acids is 1. The molecule has 0 aliphatic rings. The highest BCUT2D eigenvalue weighted by Crippen LogP contribution is 2.28. The van der Waals surface area contributed by atoms with E-state index in [1.807, 2.05) is 0 Å². The van der Waals surface area contributed by atoms with Gasteiger partial charge in [0, 0.05) is 0 Å². The molecule has 2 rings (SSSR count). The van der Waals surface area contributed by atoms with Crippen LogP contribution in [0.5, 0.6) is 23.0 Å². The summed E-state index contributed by atoms with van der Waals surface area (Å²) in [4.78, 5) is 11.4. The number of rotatable bonds is 10. The van der Waals surface area contributed by atoms with E-state index in [-0.39, 0.29) is 18.1 Å². The third-order valence-corrected chi connectivity index (χ3v) is 4.33. The van der Waals surface area contributed by atoms with Gasteiger partial charge >= 0.3 is 6.16 Å². The van der Waals surface area contributed by atoms with Crippen molar-refractivity contribution in [2.75, 3.05) is 41.4 Å². The number of ether oxygens (including phenoxy) is 6. The fourth-order valence-corrected chi connectivity index (χ4v) is 2.78. The molecule has 0 aliphatic heterocycles. The van der Waals surface area contributed by atoms with E-state index in [1.165, 1.54) is 14.2 Å². The zero-order valence-electron chi connectivity index (χ0n) is 26.4. The van der Waals surface area contributed by atoms with E-state index in [0.29, 0.717) is 37.3 Å². The smallest absolute Gasteiger partial charge is 0.493 e. The molecule has 2 aromatic rings. The van der Waals surface area contributed by atoms with Gasteiger partial charge in [-0.25, -0.2) is 4.79 Å². The maximum atomic E-state index is 11.4. The molecule has 0 spiro atoms. The van der Waals surface area contributed by atoms with Crippen LogP contribution in [0.3, 0.4) is 0 Å². The Balaban J connectivity index is 0.000000433. The number of aryl methyl sites for hydroxylation is 1. The summed E-state index contributed by atoms with van der Waals surface area (Å²) < 4.78 is 72.3. The molecule has 0 unspecified atom stereocenters. The Morgan fingerprint density at radius 2 is 1.38 bits per heavy atom. The minimum Gasteiger partial charge on any atom is -0.493 e. The van der Waals surface area contributed by atoms with Crippen LogP contribution in [-0.2, 0) is 22.3 Å². The fourth-order valence-electron chi connectivity index (χ4n) is 2.78. The van der Waals surface area contributed by atoms with Crippen molar-refractivity contribution in [3.63, 3.8) is 0 Å². The molecule has 2 aromatic carbocycles. The average Bonchev–Trinajstić information content (AvgIpc) is 2.81. The SMILES string of the molecule is [2H]C([2H])([2H])Oc1ccc(CCCOC(=O)OC(C)(C)C)cc1OC.[2H]C([2H])([2H])Oc1ccc(CCN)cc1OC. The van der Waals surface area contributed by atoms with Crippen molar-refractivity contribution in [3.05, 3.63) is 47.5 Å². The van der Waals surface area contributed by atoms with Gasteiger partial charge in [-0.3, -0.25) is 0 Å². The van der Waals surface area contributed by atoms with Gasteiger partial charge in [0.25, 0.3) is 0 Å². The maximum absolute atomic E-state index is 11.4. The molecule has 0 saturated carbocycles. The summed E-state index contributed by atoms with van der Waals surface area (Å²) in [6.45, 7) is 6.06. The van der Waals surface area contributed by atoms with Gasteiger partial charge in [-0.2, -0.15) is 0 Å². The lowest BCUT2D eigenvalue weighted by Crippen LogP contribution is -2.24. The number of hydrogen-bond donors (Lipinski definition) is 1. The number of nitrogens with two attached hydrogens (primary N) is 1. The molecule has 0 heterocycles. The molecule has 0 aromatic heterocycles. The lowest BCUT2D eigenvalue weighted by Gasteiger charge is -2.18. The lowest BCUT2D eigenvalue weighted by atomic mass is 10.1. The first-order chi connectivity index (χ1) is 18.5. The summed E-state index contributed by atoms with van der Waals surface area (Å²) in [5.74, 6) is 1.12. The third kappa shape index (κ3) is 10.7. The molecule has 0 saturated heterocycles. The average molecular weight is 484 g/mol. The molecule has 0 aliphatic carbocycles. The summed E-state index contributed by atoms with van der Waals surface area (Å²) in [6, 6.07) is 10.1. The molecular weight excluding hydrogens is 438 g/mol. The van der Waals surface area contributed by atoms with Crippen LogP contribution in [0.2, 0.25) is 0 Å². The normalized spacial score (nSPS) is 13.8. The van der Waals surface area contributed by atoms with E-state index < -0.39 is 25.8 Å². The summed E-state index contributed by atoms with van der Waals surface area (Å²) in [5, 5.41) is 0. The molecule has 8 nitrogen and oxygen atoms in total. The van der Waals surface area contributed by atoms with Gasteiger partial charge in [0.15, 0.2) is 23.0 Å². The Kier molecular flexibility index (Phi) is 8.88. The van der Waals surface area contributed by atoms with Gasteiger partial charge < -0.3 is 34.2 Å². The molecule has 0 amide bonds. The fraction of sp³-hybridized carbons (Fsp3) is 0.500. The molecule has 34 heavy (non-hydrogen) atoms. The molecular formula is C26H39NO7. The van der Waals surface area contributed by atoms with Gasteiger partial charge in [0.05, 0.1) is 43.1 Å². The van der Waals surface area contributed by atoms with Crippen LogP contribution >= 0.6 is 0 Å². The molecule has 8 heteroatoms. The molecule has 0 atom stereocenters. The molecule has 2 N–H and O–H groups in total. The highest BCUT2D eigenvalue weighted by Gasteiger charge is 2.17. The first-order valence-electron chi connectivity index (χ1n) is 13.7. The summed E-state index contributed by atoms with van der Waals surface area (Å²) >= 11 is 0. The lowest BCUT2D eigenvalue weighted by molar-refractivity contribution is -0.00745. The van der Waals surface area contributed by atoms with Crippen molar-refractivity contribution < 1.29 is 41.4 Å². The highest BCUT2D eigenvalue weighted by molar-refractivity contribution is 5.60. The van der Waals surface area contributed by atoms with Crippen molar-refractivity contribution in [3.8, 4) is 23.0 Å². The van der Waals surface area contributed by atoms with Gasteiger partial charge in [-0.15, -0.1) is 0 Å². The van der Waals surface area contributed by atoms with Gasteiger partial charge in [-0.1, -0.05) is 12.1 Å². The van der Waals surface area contributed by atoms with E-state index in [0.717, 1.165) is 11.1 Å². The van der Waals surface area contributed by atoms with E-state index in [1.54, 1.807) is 57.2 Å². The van der Waals surface area contributed by atoms with Crippen LogP contribution < -0.4 is 24.7 Å². The third-order valence-electron chi connectivity index (χ3n) is 4.33. The van der Waals surface area contributed by atoms with E-state index in [9.17, 15) is 4.79 Å². The molecule has 0 fully saturated rings. The topological polar surface area (TPSA) is 98.5 Å². The van der Waals surface area contributed by atoms with Gasteiger partial charge in [-0.05, 0) is 82.0 Å². The van der Waals surface area contributed by atoms with Crippen molar-refractivity contribution in [2.45, 2.75) is 45.6 Å². The Morgan fingerprint density at radius 3 is 1.82 bits per heavy atom. The summed E-state index contributed by atoms with van der Waals surface area (Å²) in [6.07, 6.45) is 1.25. The van der Waals surface area contributed by atoms with Crippen LogP contribution in [-0.4, -0.2) is 53.2 Å². The monoisotopic (exact) mass is 483 g/mol. The highest BCUT2D eigenvalue weighted by atomic mass is 16.7. The predicted octanol–water partition coefficient (Wildman–Crippen LogP) is 4.79.